The number of nitrogens with one attached hydrogen (secondary N) is 2. The molecule has 0 saturated heterocycles. The second-order valence-electron chi connectivity index (χ2n) is 4.24. The van der Waals surface area contributed by atoms with Crippen LogP contribution in [0.15, 0.2) is 23.3 Å². The van der Waals surface area contributed by atoms with Crippen molar-refractivity contribution < 1.29 is 27.2 Å². The molecular weight excluding hydrogens is 294 g/mol. The summed E-state index contributed by atoms with van der Waals surface area (Å²) in [5, 5.41) is 5.48. The Bertz CT molecular complexity index is 625. The summed E-state index contributed by atoms with van der Waals surface area (Å²) in [6, 6.07) is 1.68. The molecule has 0 spiro atoms. The molecule has 1 heterocycles. The molecule has 112 valence electrons. The Morgan fingerprint density at radius 3 is 2.57 bits per heavy atom. The number of carbonyl (C=O) groups excluding carboxylic acids is 2. The van der Waals surface area contributed by atoms with Crippen molar-refractivity contribution in [2.45, 2.75) is 19.0 Å². The fourth-order valence-electron chi connectivity index (χ4n) is 1.63. The number of hydrazone groups is 1. The predicted molar refractivity (Wildman–Crippen MR) is 64.8 cm³/mol. The average molecular weight is 303 g/mol. The number of alkyl halides is 3. The van der Waals surface area contributed by atoms with Crippen molar-refractivity contribution in [3.05, 3.63) is 29.6 Å². The van der Waals surface area contributed by atoms with Crippen molar-refractivity contribution in [1.82, 2.24) is 5.43 Å². The van der Waals surface area contributed by atoms with Crippen LogP contribution in [-0.2, 0) is 15.8 Å². The molecule has 2 rings (SSSR count). The standard InChI is InChI=1S/C12H9F4N3O2/c13-7-2-1-6(12(14,15)16)5-9(7)17-11(21)8-3-4-10(20)19-18-8/h1-2,5H,3-4H2,(H,17,21)(H,19,20). The van der Waals surface area contributed by atoms with E-state index in [1.54, 1.807) is 0 Å². The number of anilines is 1. The van der Waals surface area contributed by atoms with Gasteiger partial charge in [-0.15, -0.1) is 0 Å². The van der Waals surface area contributed by atoms with Gasteiger partial charge < -0.3 is 5.32 Å². The van der Waals surface area contributed by atoms with E-state index in [0.29, 0.717) is 18.2 Å². The Hall–Kier alpha value is -2.45. The van der Waals surface area contributed by atoms with Gasteiger partial charge in [0.05, 0.1) is 11.3 Å². The van der Waals surface area contributed by atoms with Crippen LogP contribution in [-0.4, -0.2) is 17.5 Å². The van der Waals surface area contributed by atoms with Crippen LogP contribution in [0.25, 0.3) is 0 Å². The van der Waals surface area contributed by atoms with Crippen LogP contribution >= 0.6 is 0 Å². The smallest absolute Gasteiger partial charge is 0.318 e. The molecule has 0 bridgehead atoms. The van der Waals surface area contributed by atoms with Gasteiger partial charge in [0.1, 0.15) is 11.5 Å². The lowest BCUT2D eigenvalue weighted by atomic mass is 10.1. The van der Waals surface area contributed by atoms with Crippen LogP contribution in [0.1, 0.15) is 18.4 Å². The summed E-state index contributed by atoms with van der Waals surface area (Å²) in [5.41, 5.74) is 0.285. The first kappa shape index (κ1) is 14.9. The van der Waals surface area contributed by atoms with E-state index in [-0.39, 0.29) is 24.5 Å². The number of nitrogens with zero attached hydrogens (tertiary/aromatic N) is 1. The third kappa shape index (κ3) is 3.56. The molecule has 0 fully saturated rings. The van der Waals surface area contributed by atoms with E-state index in [4.69, 9.17) is 0 Å². The highest BCUT2D eigenvalue weighted by molar-refractivity contribution is 6.43. The maximum Gasteiger partial charge on any atom is 0.416 e. The van der Waals surface area contributed by atoms with Gasteiger partial charge in [-0.2, -0.15) is 18.3 Å². The number of hydrogen-bond donors (Lipinski definition) is 2. The molecule has 1 aromatic rings. The lowest BCUT2D eigenvalue weighted by Gasteiger charge is -2.13. The number of benzene rings is 1. The summed E-state index contributed by atoms with van der Waals surface area (Å²) in [6.45, 7) is 0. The summed E-state index contributed by atoms with van der Waals surface area (Å²) < 4.78 is 51.0. The molecule has 2 N–H and O–H groups in total. The Morgan fingerprint density at radius 2 is 2.00 bits per heavy atom. The number of carbonyl (C=O) groups is 2. The van der Waals surface area contributed by atoms with Gasteiger partial charge in [-0.05, 0) is 18.2 Å². The zero-order valence-electron chi connectivity index (χ0n) is 10.4. The van der Waals surface area contributed by atoms with E-state index in [1.807, 2.05) is 5.32 Å². The van der Waals surface area contributed by atoms with Crippen molar-refractivity contribution in [2.75, 3.05) is 5.32 Å². The van der Waals surface area contributed by atoms with Crippen molar-refractivity contribution in [2.24, 2.45) is 5.10 Å². The van der Waals surface area contributed by atoms with Gasteiger partial charge >= 0.3 is 6.18 Å². The Balaban J connectivity index is 2.19. The van der Waals surface area contributed by atoms with E-state index in [9.17, 15) is 27.2 Å². The molecule has 0 aromatic heterocycles. The highest BCUT2D eigenvalue weighted by atomic mass is 19.4. The van der Waals surface area contributed by atoms with Crippen LogP contribution in [0.5, 0.6) is 0 Å². The molecule has 0 unspecified atom stereocenters. The highest BCUT2D eigenvalue weighted by Gasteiger charge is 2.31. The van der Waals surface area contributed by atoms with Crippen molar-refractivity contribution in [1.29, 1.82) is 0 Å². The second kappa shape index (κ2) is 5.51. The van der Waals surface area contributed by atoms with Gasteiger partial charge in [-0.1, -0.05) is 0 Å². The zero-order valence-corrected chi connectivity index (χ0v) is 10.4. The lowest BCUT2D eigenvalue weighted by Crippen LogP contribution is -2.33. The van der Waals surface area contributed by atoms with E-state index in [0.717, 1.165) is 0 Å². The minimum Gasteiger partial charge on any atom is -0.318 e. The number of halogens is 4. The topological polar surface area (TPSA) is 70.6 Å². The highest BCUT2D eigenvalue weighted by Crippen LogP contribution is 2.31. The predicted octanol–water partition coefficient (Wildman–Crippen LogP) is 2.05. The molecule has 1 aliphatic rings. The molecule has 0 radical (unpaired) electrons. The van der Waals surface area contributed by atoms with Crippen LogP contribution in [0, 0.1) is 5.82 Å². The molecule has 9 heteroatoms. The third-order valence-electron chi connectivity index (χ3n) is 2.71. The summed E-state index contributed by atoms with van der Waals surface area (Å²) in [5.74, 6) is -2.25. The van der Waals surface area contributed by atoms with Crippen molar-refractivity contribution >= 4 is 23.2 Å². The first-order valence-corrected chi connectivity index (χ1v) is 5.81. The first-order chi connectivity index (χ1) is 9.77. The third-order valence-corrected chi connectivity index (χ3v) is 2.71. The van der Waals surface area contributed by atoms with Gasteiger partial charge in [0, 0.05) is 12.8 Å². The summed E-state index contributed by atoms with van der Waals surface area (Å²) >= 11 is 0. The van der Waals surface area contributed by atoms with Crippen molar-refractivity contribution in [3.63, 3.8) is 0 Å². The fraction of sp³-hybridized carbons (Fsp3) is 0.250. The molecule has 2 amide bonds. The molecule has 0 saturated carbocycles. The Kier molecular flexibility index (Phi) is 3.92. The van der Waals surface area contributed by atoms with Crippen molar-refractivity contribution in [3.8, 4) is 0 Å². The van der Waals surface area contributed by atoms with Gasteiger partial charge in [-0.3, -0.25) is 9.59 Å². The minimum atomic E-state index is -4.65. The number of amides is 2. The first-order valence-electron chi connectivity index (χ1n) is 5.81. The molecule has 1 aromatic carbocycles. The van der Waals surface area contributed by atoms with Crippen LogP contribution in [0.4, 0.5) is 23.2 Å². The normalized spacial score (nSPS) is 15.2. The fourth-order valence-corrected chi connectivity index (χ4v) is 1.63. The van der Waals surface area contributed by atoms with E-state index in [1.165, 1.54) is 0 Å². The zero-order chi connectivity index (χ0) is 15.6. The van der Waals surface area contributed by atoms with Gasteiger partial charge in [0.25, 0.3) is 5.91 Å². The molecule has 0 atom stereocenters. The molecular formula is C12H9F4N3O2. The van der Waals surface area contributed by atoms with Crippen LogP contribution < -0.4 is 10.7 Å². The maximum absolute atomic E-state index is 13.5. The summed E-state index contributed by atoms with van der Waals surface area (Å²) in [7, 11) is 0. The molecule has 1 aliphatic heterocycles. The van der Waals surface area contributed by atoms with Gasteiger partial charge in [0.15, 0.2) is 0 Å². The summed E-state index contributed by atoms with van der Waals surface area (Å²) in [4.78, 5) is 22.6. The van der Waals surface area contributed by atoms with Crippen LogP contribution in [0.2, 0.25) is 0 Å². The SMILES string of the molecule is O=C1CCC(C(=O)Nc2cc(C(F)(F)F)ccc2F)=NN1. The Labute approximate surface area is 116 Å². The number of rotatable bonds is 2. The van der Waals surface area contributed by atoms with E-state index >= 15 is 0 Å². The molecule has 21 heavy (non-hydrogen) atoms. The lowest BCUT2D eigenvalue weighted by molar-refractivity contribution is -0.137. The van der Waals surface area contributed by atoms with E-state index < -0.39 is 29.2 Å². The number of hydrogen-bond acceptors (Lipinski definition) is 3. The maximum atomic E-state index is 13.5. The molecule has 0 aliphatic carbocycles. The summed E-state index contributed by atoms with van der Waals surface area (Å²) in [6.07, 6.45) is -4.60. The quantitative estimate of drug-likeness (QED) is 0.821. The van der Waals surface area contributed by atoms with Gasteiger partial charge in [-0.25, -0.2) is 9.82 Å². The molecule has 5 nitrogen and oxygen atoms in total. The second-order valence-corrected chi connectivity index (χ2v) is 4.24. The van der Waals surface area contributed by atoms with E-state index in [2.05, 4.69) is 10.5 Å². The Morgan fingerprint density at radius 1 is 1.29 bits per heavy atom. The minimum absolute atomic E-state index is 0.0251. The average Bonchev–Trinajstić information content (AvgIpc) is 2.40. The largest absolute Gasteiger partial charge is 0.416 e. The van der Waals surface area contributed by atoms with Crippen LogP contribution in [0.3, 0.4) is 0 Å². The monoisotopic (exact) mass is 303 g/mol. The van der Waals surface area contributed by atoms with Gasteiger partial charge in [0.2, 0.25) is 5.91 Å².